The molecule has 1 heterocycles. The molecule has 1 saturated heterocycles. The molecule has 112 valence electrons. The molecule has 0 amide bonds. The lowest BCUT2D eigenvalue weighted by molar-refractivity contribution is 0.0221. The third-order valence-electron chi connectivity index (χ3n) is 4.91. The Labute approximate surface area is 131 Å². The van der Waals surface area contributed by atoms with Gasteiger partial charge in [0.25, 0.3) is 0 Å². The van der Waals surface area contributed by atoms with Crippen LogP contribution in [-0.2, 0) is 6.54 Å². The summed E-state index contributed by atoms with van der Waals surface area (Å²) in [6, 6.07) is 9.04. The molecule has 4 heteroatoms. The maximum atomic E-state index is 6.17. The molecule has 2 unspecified atom stereocenters. The van der Waals surface area contributed by atoms with Crippen molar-refractivity contribution in [2.75, 3.05) is 27.2 Å². The van der Waals surface area contributed by atoms with Crippen molar-refractivity contribution in [2.45, 2.75) is 37.9 Å². The van der Waals surface area contributed by atoms with Crippen molar-refractivity contribution in [2.24, 2.45) is 5.73 Å². The SMILES string of the molecule is CC1CC(CN)(N(C)Cc2ccccc2Br)CCN1C. The van der Waals surface area contributed by atoms with Crippen molar-refractivity contribution >= 4 is 15.9 Å². The zero-order valence-electron chi connectivity index (χ0n) is 12.8. The molecule has 2 rings (SSSR count). The average Bonchev–Trinajstić information content (AvgIpc) is 2.44. The summed E-state index contributed by atoms with van der Waals surface area (Å²) >= 11 is 3.64. The summed E-state index contributed by atoms with van der Waals surface area (Å²) in [6.07, 6.45) is 2.28. The van der Waals surface area contributed by atoms with Gasteiger partial charge in [-0.05, 0) is 52.0 Å². The van der Waals surface area contributed by atoms with Crippen LogP contribution >= 0.6 is 15.9 Å². The van der Waals surface area contributed by atoms with Crippen molar-refractivity contribution in [1.29, 1.82) is 0 Å². The second kappa shape index (κ2) is 6.56. The predicted octanol–water partition coefficient (Wildman–Crippen LogP) is 2.69. The van der Waals surface area contributed by atoms with Crippen LogP contribution in [0.3, 0.4) is 0 Å². The van der Waals surface area contributed by atoms with Crippen LogP contribution < -0.4 is 5.73 Å². The van der Waals surface area contributed by atoms with Gasteiger partial charge in [-0.15, -0.1) is 0 Å². The highest BCUT2D eigenvalue weighted by Crippen LogP contribution is 2.32. The zero-order chi connectivity index (χ0) is 14.8. The van der Waals surface area contributed by atoms with Crippen LogP contribution in [0, 0.1) is 0 Å². The van der Waals surface area contributed by atoms with Gasteiger partial charge in [-0.25, -0.2) is 0 Å². The third-order valence-corrected chi connectivity index (χ3v) is 5.69. The molecule has 0 spiro atoms. The highest BCUT2D eigenvalue weighted by Gasteiger charge is 2.39. The highest BCUT2D eigenvalue weighted by atomic mass is 79.9. The maximum Gasteiger partial charge on any atom is 0.0359 e. The number of hydrogen-bond acceptors (Lipinski definition) is 3. The molecule has 2 atom stereocenters. The fraction of sp³-hybridized carbons (Fsp3) is 0.625. The summed E-state index contributed by atoms with van der Waals surface area (Å²) in [6.45, 7) is 5.09. The van der Waals surface area contributed by atoms with Crippen LogP contribution in [0.25, 0.3) is 0 Å². The quantitative estimate of drug-likeness (QED) is 0.915. The monoisotopic (exact) mass is 339 g/mol. The zero-order valence-corrected chi connectivity index (χ0v) is 14.4. The standard InChI is InChI=1S/C16H26BrN3/c1-13-10-16(12-18,8-9-19(13)2)20(3)11-14-6-4-5-7-15(14)17/h4-7,13H,8-12,18H2,1-3H3. The second-order valence-corrected chi connectivity index (χ2v) is 7.01. The van der Waals surface area contributed by atoms with E-state index in [1.807, 2.05) is 0 Å². The van der Waals surface area contributed by atoms with Gasteiger partial charge in [0.1, 0.15) is 0 Å². The van der Waals surface area contributed by atoms with Gasteiger partial charge < -0.3 is 10.6 Å². The summed E-state index contributed by atoms with van der Waals surface area (Å²) < 4.78 is 1.18. The van der Waals surface area contributed by atoms with Gasteiger partial charge in [-0.1, -0.05) is 34.1 Å². The summed E-state index contributed by atoms with van der Waals surface area (Å²) in [5, 5.41) is 0. The van der Waals surface area contributed by atoms with Crippen LogP contribution in [0.5, 0.6) is 0 Å². The van der Waals surface area contributed by atoms with E-state index in [1.165, 1.54) is 10.0 Å². The first-order valence-corrected chi connectivity index (χ1v) is 8.13. The number of halogens is 1. The average molecular weight is 340 g/mol. The van der Waals surface area contributed by atoms with Crippen molar-refractivity contribution in [3.05, 3.63) is 34.3 Å². The Bertz CT molecular complexity index is 451. The number of nitrogens with two attached hydrogens (primary N) is 1. The topological polar surface area (TPSA) is 32.5 Å². The molecule has 0 bridgehead atoms. The van der Waals surface area contributed by atoms with Crippen molar-refractivity contribution in [1.82, 2.24) is 9.80 Å². The van der Waals surface area contributed by atoms with Gasteiger partial charge >= 0.3 is 0 Å². The molecule has 1 fully saturated rings. The van der Waals surface area contributed by atoms with Gasteiger partial charge in [0.05, 0.1) is 0 Å². The summed E-state index contributed by atoms with van der Waals surface area (Å²) in [5.74, 6) is 0. The van der Waals surface area contributed by atoms with Crippen LogP contribution in [-0.4, -0.2) is 48.6 Å². The smallest absolute Gasteiger partial charge is 0.0359 e. The largest absolute Gasteiger partial charge is 0.329 e. The molecule has 1 aromatic carbocycles. The number of rotatable bonds is 4. The Kier molecular flexibility index (Phi) is 5.24. The van der Waals surface area contributed by atoms with Crippen LogP contribution in [0.4, 0.5) is 0 Å². The minimum atomic E-state index is 0.126. The lowest BCUT2D eigenvalue weighted by atomic mass is 9.82. The minimum absolute atomic E-state index is 0.126. The van der Waals surface area contributed by atoms with Crippen LogP contribution in [0.2, 0.25) is 0 Å². The lowest BCUT2D eigenvalue weighted by Crippen LogP contribution is -2.59. The Balaban J connectivity index is 2.13. The fourth-order valence-electron chi connectivity index (χ4n) is 3.15. The van der Waals surface area contributed by atoms with E-state index in [0.29, 0.717) is 6.04 Å². The minimum Gasteiger partial charge on any atom is -0.329 e. The number of nitrogens with zero attached hydrogens (tertiary/aromatic N) is 2. The number of benzene rings is 1. The number of likely N-dealkylation sites (N-methyl/N-ethyl adjacent to an activating group) is 1. The third kappa shape index (κ3) is 3.25. The molecule has 0 aliphatic carbocycles. The normalized spacial score (nSPS) is 28.0. The molecule has 0 saturated carbocycles. The molecule has 0 aromatic heterocycles. The molecule has 2 N–H and O–H groups in total. The van der Waals surface area contributed by atoms with E-state index in [0.717, 1.165) is 32.5 Å². The Morgan fingerprint density at radius 2 is 2.15 bits per heavy atom. The Morgan fingerprint density at radius 3 is 2.75 bits per heavy atom. The number of piperidine rings is 1. The van der Waals surface area contributed by atoms with Gasteiger partial charge in [-0.2, -0.15) is 0 Å². The number of likely N-dealkylation sites (tertiary alicyclic amines) is 1. The van der Waals surface area contributed by atoms with E-state index >= 15 is 0 Å². The molecule has 0 radical (unpaired) electrons. The summed E-state index contributed by atoms with van der Waals surface area (Å²) in [4.78, 5) is 4.89. The molecular formula is C16H26BrN3. The highest BCUT2D eigenvalue weighted by molar-refractivity contribution is 9.10. The van der Waals surface area contributed by atoms with E-state index in [-0.39, 0.29) is 5.54 Å². The summed E-state index contributed by atoms with van der Waals surface area (Å²) in [7, 11) is 4.42. The first kappa shape index (κ1) is 16.0. The van der Waals surface area contributed by atoms with E-state index in [4.69, 9.17) is 5.73 Å². The molecule has 1 aromatic rings. The van der Waals surface area contributed by atoms with E-state index in [2.05, 4.69) is 71.0 Å². The first-order chi connectivity index (χ1) is 9.48. The van der Waals surface area contributed by atoms with Crippen molar-refractivity contribution in [3.8, 4) is 0 Å². The van der Waals surface area contributed by atoms with E-state index in [9.17, 15) is 0 Å². The van der Waals surface area contributed by atoms with Crippen molar-refractivity contribution < 1.29 is 0 Å². The van der Waals surface area contributed by atoms with Gasteiger partial charge in [0, 0.05) is 29.1 Å². The Morgan fingerprint density at radius 1 is 1.45 bits per heavy atom. The Hall–Kier alpha value is -0.420. The molecule has 3 nitrogen and oxygen atoms in total. The van der Waals surface area contributed by atoms with Gasteiger partial charge in [-0.3, -0.25) is 4.90 Å². The van der Waals surface area contributed by atoms with E-state index < -0.39 is 0 Å². The van der Waals surface area contributed by atoms with Gasteiger partial charge in [0.2, 0.25) is 0 Å². The predicted molar refractivity (Wildman–Crippen MR) is 88.7 cm³/mol. The van der Waals surface area contributed by atoms with Crippen LogP contribution in [0.15, 0.2) is 28.7 Å². The maximum absolute atomic E-state index is 6.17. The fourth-order valence-corrected chi connectivity index (χ4v) is 3.56. The van der Waals surface area contributed by atoms with E-state index in [1.54, 1.807) is 0 Å². The number of hydrogen-bond donors (Lipinski definition) is 1. The molecule has 20 heavy (non-hydrogen) atoms. The van der Waals surface area contributed by atoms with Crippen molar-refractivity contribution in [3.63, 3.8) is 0 Å². The van der Waals surface area contributed by atoms with Gasteiger partial charge in [0.15, 0.2) is 0 Å². The molecule has 1 aliphatic rings. The molecular weight excluding hydrogens is 314 g/mol. The second-order valence-electron chi connectivity index (χ2n) is 6.16. The summed E-state index contributed by atoms with van der Waals surface area (Å²) in [5.41, 5.74) is 7.62. The lowest BCUT2D eigenvalue weighted by Gasteiger charge is -2.49. The molecule has 1 aliphatic heterocycles. The first-order valence-electron chi connectivity index (χ1n) is 7.33. The van der Waals surface area contributed by atoms with Crippen LogP contribution in [0.1, 0.15) is 25.3 Å².